The van der Waals surface area contributed by atoms with Gasteiger partial charge in [0, 0.05) is 23.5 Å². The fraction of sp³-hybridized carbons (Fsp3) is 0.263. The third-order valence-corrected chi connectivity index (χ3v) is 5.36. The maximum atomic E-state index is 12.8. The van der Waals surface area contributed by atoms with Crippen LogP contribution in [-0.4, -0.2) is 37.4 Å². The first kappa shape index (κ1) is 18.0. The Morgan fingerprint density at radius 2 is 2.00 bits per heavy atom. The zero-order chi connectivity index (χ0) is 18.5. The first-order valence-corrected chi connectivity index (χ1v) is 9.12. The highest BCUT2D eigenvalue weighted by Crippen LogP contribution is 2.43. The van der Waals surface area contributed by atoms with Crippen LogP contribution >= 0.6 is 11.8 Å². The predicted octanol–water partition coefficient (Wildman–Crippen LogP) is 3.85. The Hall–Kier alpha value is -2.85. The minimum absolute atomic E-state index is 0.154. The average Bonchev–Trinajstić information content (AvgIpc) is 3.18. The lowest BCUT2D eigenvalue weighted by Gasteiger charge is -2.26. The number of urea groups is 1. The zero-order valence-corrected chi connectivity index (χ0v) is 15.4. The third-order valence-electron chi connectivity index (χ3n) is 4.12. The number of anilines is 1. The van der Waals surface area contributed by atoms with E-state index in [1.165, 1.54) is 0 Å². The number of thioether (sulfide) groups is 1. The molecule has 1 aliphatic heterocycles. The molecule has 1 aliphatic rings. The van der Waals surface area contributed by atoms with Crippen LogP contribution in [0.25, 0.3) is 0 Å². The molecule has 0 radical (unpaired) electrons. The molecule has 2 aromatic rings. The number of amides is 2. The normalized spacial score (nSPS) is 16.0. The quantitative estimate of drug-likeness (QED) is 0.886. The maximum absolute atomic E-state index is 12.8. The topological polar surface area (TPSA) is 74.6 Å². The molecule has 3 rings (SSSR count). The Morgan fingerprint density at radius 1 is 1.23 bits per heavy atom. The number of nitriles is 1. The molecular weight excluding hydrogens is 350 g/mol. The summed E-state index contributed by atoms with van der Waals surface area (Å²) in [4.78, 5) is 14.5. The Labute approximate surface area is 156 Å². The van der Waals surface area contributed by atoms with Crippen LogP contribution in [0.1, 0.15) is 16.5 Å². The molecule has 0 saturated carbocycles. The van der Waals surface area contributed by atoms with E-state index in [1.807, 2.05) is 18.2 Å². The van der Waals surface area contributed by atoms with Crippen molar-refractivity contribution in [2.75, 3.05) is 31.8 Å². The van der Waals surface area contributed by atoms with Crippen molar-refractivity contribution in [2.24, 2.45) is 0 Å². The second kappa shape index (κ2) is 8.02. The largest absolute Gasteiger partial charge is 0.497 e. The Bertz CT molecular complexity index is 833. The lowest BCUT2D eigenvalue weighted by molar-refractivity contribution is 0.213. The minimum Gasteiger partial charge on any atom is -0.497 e. The minimum atomic E-state index is -0.186. The second-order valence-corrected chi connectivity index (χ2v) is 6.83. The second-order valence-electron chi connectivity index (χ2n) is 5.64. The van der Waals surface area contributed by atoms with Crippen molar-refractivity contribution in [1.82, 2.24) is 4.90 Å². The number of nitrogens with zero attached hydrogens (tertiary/aromatic N) is 2. The number of ether oxygens (including phenoxy) is 2. The molecule has 1 fully saturated rings. The molecular formula is C19H19N3O3S. The fourth-order valence-corrected chi connectivity index (χ4v) is 4.06. The molecule has 1 N–H and O–H groups in total. The molecule has 26 heavy (non-hydrogen) atoms. The first-order chi connectivity index (χ1) is 12.7. The number of benzene rings is 2. The summed E-state index contributed by atoms with van der Waals surface area (Å²) in [5, 5.41) is 11.6. The molecule has 0 bridgehead atoms. The Balaban J connectivity index is 1.81. The molecule has 7 heteroatoms. The number of rotatable bonds is 4. The van der Waals surface area contributed by atoms with Crippen molar-refractivity contribution >= 4 is 23.5 Å². The highest BCUT2D eigenvalue weighted by Gasteiger charge is 2.33. The van der Waals surface area contributed by atoms with Crippen molar-refractivity contribution in [3.8, 4) is 17.6 Å². The summed E-state index contributed by atoms with van der Waals surface area (Å²) in [7, 11) is 3.23. The van der Waals surface area contributed by atoms with Crippen LogP contribution in [0.15, 0.2) is 42.5 Å². The highest BCUT2D eigenvalue weighted by molar-refractivity contribution is 7.99. The molecule has 0 aliphatic carbocycles. The van der Waals surface area contributed by atoms with Crippen molar-refractivity contribution in [3.05, 3.63) is 53.6 Å². The molecule has 1 heterocycles. The monoisotopic (exact) mass is 369 g/mol. The molecule has 6 nitrogen and oxygen atoms in total. The summed E-state index contributed by atoms with van der Waals surface area (Å²) in [6, 6.07) is 14.3. The molecule has 2 aromatic carbocycles. The molecule has 1 saturated heterocycles. The number of nitrogens with one attached hydrogen (secondary N) is 1. The number of hydrogen-bond donors (Lipinski definition) is 1. The smallest absolute Gasteiger partial charge is 0.323 e. The SMILES string of the molecule is COc1ccc(OC)c(C2SCCN2C(=O)Nc2ccc(C#N)cc2)c1. The Kier molecular flexibility index (Phi) is 5.54. The van der Waals surface area contributed by atoms with Gasteiger partial charge in [0.05, 0.1) is 25.9 Å². The molecule has 1 unspecified atom stereocenters. The number of hydrogen-bond acceptors (Lipinski definition) is 5. The van der Waals surface area contributed by atoms with E-state index in [0.29, 0.717) is 17.8 Å². The van der Waals surface area contributed by atoms with Crippen LogP contribution in [0.4, 0.5) is 10.5 Å². The van der Waals surface area contributed by atoms with Gasteiger partial charge in [-0.1, -0.05) is 0 Å². The van der Waals surface area contributed by atoms with Gasteiger partial charge >= 0.3 is 6.03 Å². The van der Waals surface area contributed by atoms with Crippen molar-refractivity contribution in [1.29, 1.82) is 5.26 Å². The molecule has 1 atom stereocenters. The van der Waals surface area contributed by atoms with Crippen LogP contribution in [0.3, 0.4) is 0 Å². The predicted molar refractivity (Wildman–Crippen MR) is 102 cm³/mol. The number of methoxy groups -OCH3 is 2. The van der Waals surface area contributed by atoms with Crippen LogP contribution in [0.2, 0.25) is 0 Å². The van der Waals surface area contributed by atoms with Crippen LogP contribution in [-0.2, 0) is 0 Å². The lowest BCUT2D eigenvalue weighted by Crippen LogP contribution is -2.34. The number of carbonyl (C=O) groups is 1. The fourth-order valence-electron chi connectivity index (χ4n) is 2.79. The average molecular weight is 369 g/mol. The van der Waals surface area contributed by atoms with Crippen molar-refractivity contribution in [2.45, 2.75) is 5.37 Å². The lowest BCUT2D eigenvalue weighted by atomic mass is 10.1. The summed E-state index contributed by atoms with van der Waals surface area (Å²) < 4.78 is 10.8. The Morgan fingerprint density at radius 3 is 2.65 bits per heavy atom. The summed E-state index contributed by atoms with van der Waals surface area (Å²) in [6.45, 7) is 0.637. The van der Waals surface area contributed by atoms with Crippen molar-refractivity contribution in [3.63, 3.8) is 0 Å². The van der Waals surface area contributed by atoms with Gasteiger partial charge in [-0.3, -0.25) is 0 Å². The van der Waals surface area contributed by atoms with Gasteiger partial charge in [-0.25, -0.2) is 4.79 Å². The summed E-state index contributed by atoms with van der Waals surface area (Å²) in [6.07, 6.45) is 0. The molecule has 134 valence electrons. The van der Waals surface area contributed by atoms with Crippen molar-refractivity contribution < 1.29 is 14.3 Å². The summed E-state index contributed by atoms with van der Waals surface area (Å²) >= 11 is 1.68. The van der Waals surface area contributed by atoms with E-state index in [-0.39, 0.29) is 11.4 Å². The van der Waals surface area contributed by atoms with Gasteiger partial charge < -0.3 is 19.7 Å². The van der Waals surface area contributed by atoms with E-state index >= 15 is 0 Å². The summed E-state index contributed by atoms with van der Waals surface area (Å²) in [5.74, 6) is 2.29. The van der Waals surface area contributed by atoms with E-state index < -0.39 is 0 Å². The van der Waals surface area contributed by atoms with E-state index in [1.54, 1.807) is 55.1 Å². The van der Waals surface area contributed by atoms with E-state index in [0.717, 1.165) is 22.8 Å². The van der Waals surface area contributed by atoms with E-state index in [2.05, 4.69) is 11.4 Å². The molecule has 0 aromatic heterocycles. The summed E-state index contributed by atoms with van der Waals surface area (Å²) in [5.41, 5.74) is 2.12. The van der Waals surface area contributed by atoms with E-state index in [9.17, 15) is 4.79 Å². The third kappa shape index (κ3) is 3.70. The van der Waals surface area contributed by atoms with E-state index in [4.69, 9.17) is 14.7 Å². The highest BCUT2D eigenvalue weighted by atomic mass is 32.2. The van der Waals surface area contributed by atoms with Crippen LogP contribution < -0.4 is 14.8 Å². The molecule has 2 amide bonds. The van der Waals surface area contributed by atoms with Gasteiger partial charge in [-0.05, 0) is 42.5 Å². The van der Waals surface area contributed by atoms with Gasteiger partial charge in [0.25, 0.3) is 0 Å². The van der Waals surface area contributed by atoms with Crippen LogP contribution in [0, 0.1) is 11.3 Å². The zero-order valence-electron chi connectivity index (χ0n) is 14.6. The van der Waals surface area contributed by atoms with Gasteiger partial charge in [-0.15, -0.1) is 11.8 Å². The van der Waals surface area contributed by atoms with Gasteiger partial charge in [0.1, 0.15) is 16.9 Å². The first-order valence-electron chi connectivity index (χ1n) is 8.07. The van der Waals surface area contributed by atoms with Gasteiger partial charge in [0.2, 0.25) is 0 Å². The van der Waals surface area contributed by atoms with Gasteiger partial charge in [0.15, 0.2) is 0 Å². The standard InChI is InChI=1S/C19H19N3O3S/c1-24-15-7-8-17(25-2)16(11-15)18-22(9-10-26-18)19(23)21-14-5-3-13(12-20)4-6-14/h3-8,11,18H,9-10H2,1-2H3,(H,21,23). The number of carbonyl (C=O) groups excluding carboxylic acids is 1. The maximum Gasteiger partial charge on any atom is 0.323 e. The van der Waals surface area contributed by atoms with Crippen LogP contribution in [0.5, 0.6) is 11.5 Å². The molecule has 0 spiro atoms. The van der Waals surface area contributed by atoms with Gasteiger partial charge in [-0.2, -0.15) is 5.26 Å².